The standard InChI is InChI=1S/C17H20N4S/c1-13(2)12-18-17(22)19-14-8-10-16(11-9-14)21-20-15-6-4-3-5-7-15/h3-11,13H,12H2,1-2H3,(H2,18,19,22). The fraction of sp³-hybridized carbons (Fsp3) is 0.235. The Labute approximate surface area is 136 Å². The normalized spacial score (nSPS) is 10.9. The van der Waals surface area contributed by atoms with Gasteiger partial charge in [0.2, 0.25) is 0 Å². The minimum absolute atomic E-state index is 0.556. The van der Waals surface area contributed by atoms with Crippen LogP contribution in [0.15, 0.2) is 64.8 Å². The van der Waals surface area contributed by atoms with Gasteiger partial charge in [-0.05, 0) is 54.5 Å². The molecule has 22 heavy (non-hydrogen) atoms. The number of thiocarbonyl (C=S) groups is 1. The van der Waals surface area contributed by atoms with E-state index >= 15 is 0 Å². The molecule has 2 aromatic rings. The van der Waals surface area contributed by atoms with Gasteiger partial charge in [-0.25, -0.2) is 0 Å². The zero-order valence-electron chi connectivity index (χ0n) is 12.8. The summed E-state index contributed by atoms with van der Waals surface area (Å²) in [6, 6.07) is 17.3. The molecule has 0 heterocycles. The number of nitrogens with one attached hydrogen (secondary N) is 2. The van der Waals surface area contributed by atoms with Crippen LogP contribution >= 0.6 is 12.2 Å². The third-order valence-electron chi connectivity index (χ3n) is 2.83. The van der Waals surface area contributed by atoms with E-state index in [1.807, 2.05) is 54.6 Å². The van der Waals surface area contributed by atoms with Crippen molar-refractivity contribution in [2.45, 2.75) is 13.8 Å². The first-order valence-electron chi connectivity index (χ1n) is 7.25. The second-order valence-corrected chi connectivity index (χ2v) is 5.72. The molecule has 2 N–H and O–H groups in total. The van der Waals surface area contributed by atoms with Gasteiger partial charge in [-0.1, -0.05) is 32.0 Å². The van der Waals surface area contributed by atoms with Gasteiger partial charge in [0.25, 0.3) is 0 Å². The SMILES string of the molecule is CC(C)CNC(=S)Nc1ccc(N=Nc2ccccc2)cc1. The smallest absolute Gasteiger partial charge is 0.170 e. The molecule has 4 nitrogen and oxygen atoms in total. The van der Waals surface area contributed by atoms with Crippen LogP contribution < -0.4 is 10.6 Å². The van der Waals surface area contributed by atoms with E-state index in [1.165, 1.54) is 0 Å². The molecule has 0 radical (unpaired) electrons. The molecule has 0 aliphatic rings. The number of benzene rings is 2. The molecule has 0 aromatic heterocycles. The Hall–Kier alpha value is -2.27. The second kappa shape index (κ2) is 8.24. The highest BCUT2D eigenvalue weighted by molar-refractivity contribution is 7.80. The Morgan fingerprint density at radius 3 is 2.14 bits per heavy atom. The lowest BCUT2D eigenvalue weighted by Crippen LogP contribution is -2.31. The van der Waals surface area contributed by atoms with E-state index in [2.05, 4.69) is 34.7 Å². The van der Waals surface area contributed by atoms with Crippen molar-refractivity contribution in [3.8, 4) is 0 Å². The summed E-state index contributed by atoms with van der Waals surface area (Å²) in [5, 5.41) is 15.3. The first kappa shape index (κ1) is 16.1. The van der Waals surface area contributed by atoms with E-state index in [4.69, 9.17) is 12.2 Å². The van der Waals surface area contributed by atoms with Crippen LogP contribution in [0.3, 0.4) is 0 Å². The summed E-state index contributed by atoms with van der Waals surface area (Å²) in [5.74, 6) is 0.556. The highest BCUT2D eigenvalue weighted by atomic mass is 32.1. The van der Waals surface area contributed by atoms with Gasteiger partial charge >= 0.3 is 0 Å². The van der Waals surface area contributed by atoms with E-state index in [0.29, 0.717) is 11.0 Å². The molecular formula is C17H20N4S. The van der Waals surface area contributed by atoms with E-state index in [0.717, 1.165) is 23.6 Å². The van der Waals surface area contributed by atoms with Crippen LogP contribution in [0.5, 0.6) is 0 Å². The molecule has 2 aromatic carbocycles. The molecule has 0 unspecified atom stereocenters. The van der Waals surface area contributed by atoms with Crippen LogP contribution in [-0.4, -0.2) is 11.7 Å². The number of hydrogen-bond acceptors (Lipinski definition) is 3. The molecule has 0 aliphatic carbocycles. The minimum atomic E-state index is 0.556. The predicted octanol–water partition coefficient (Wildman–Crippen LogP) is 5.04. The maximum atomic E-state index is 5.24. The fourth-order valence-electron chi connectivity index (χ4n) is 1.69. The van der Waals surface area contributed by atoms with Gasteiger partial charge in [0.05, 0.1) is 11.4 Å². The largest absolute Gasteiger partial charge is 0.362 e. The molecule has 0 saturated carbocycles. The summed E-state index contributed by atoms with van der Waals surface area (Å²) >= 11 is 5.24. The van der Waals surface area contributed by atoms with Gasteiger partial charge in [-0.2, -0.15) is 10.2 Å². The van der Waals surface area contributed by atoms with Crippen molar-refractivity contribution >= 4 is 34.4 Å². The summed E-state index contributed by atoms with van der Waals surface area (Å²) < 4.78 is 0. The molecule has 0 aliphatic heterocycles. The molecule has 114 valence electrons. The van der Waals surface area contributed by atoms with Crippen LogP contribution in [-0.2, 0) is 0 Å². The van der Waals surface area contributed by atoms with Gasteiger partial charge in [-0.15, -0.1) is 0 Å². The van der Waals surface area contributed by atoms with Gasteiger partial charge < -0.3 is 10.6 Å². The summed E-state index contributed by atoms with van der Waals surface area (Å²) in [7, 11) is 0. The molecule has 0 fully saturated rings. The lowest BCUT2D eigenvalue weighted by atomic mass is 10.2. The van der Waals surface area contributed by atoms with Crippen LogP contribution in [0.25, 0.3) is 0 Å². The Balaban J connectivity index is 1.90. The van der Waals surface area contributed by atoms with Crippen LogP contribution in [0, 0.1) is 5.92 Å². The second-order valence-electron chi connectivity index (χ2n) is 5.31. The van der Waals surface area contributed by atoms with E-state index < -0.39 is 0 Å². The first-order valence-corrected chi connectivity index (χ1v) is 7.66. The molecule has 5 heteroatoms. The zero-order chi connectivity index (χ0) is 15.8. The van der Waals surface area contributed by atoms with Gasteiger partial charge in [0.15, 0.2) is 5.11 Å². The number of nitrogens with zero attached hydrogens (tertiary/aromatic N) is 2. The summed E-state index contributed by atoms with van der Waals surface area (Å²) in [6.45, 7) is 5.14. The topological polar surface area (TPSA) is 48.8 Å². The van der Waals surface area contributed by atoms with E-state index in [-0.39, 0.29) is 0 Å². The Morgan fingerprint density at radius 2 is 1.55 bits per heavy atom. The monoisotopic (exact) mass is 312 g/mol. The third-order valence-corrected chi connectivity index (χ3v) is 3.08. The Bertz CT molecular complexity index is 621. The van der Waals surface area contributed by atoms with Crippen molar-refractivity contribution in [3.63, 3.8) is 0 Å². The molecule has 0 bridgehead atoms. The van der Waals surface area contributed by atoms with Crippen LogP contribution in [0.1, 0.15) is 13.8 Å². The zero-order valence-corrected chi connectivity index (χ0v) is 13.6. The number of azo groups is 1. The fourth-order valence-corrected chi connectivity index (χ4v) is 1.89. The molecule has 0 atom stereocenters. The summed E-state index contributed by atoms with van der Waals surface area (Å²) in [6.07, 6.45) is 0. The Kier molecular flexibility index (Phi) is 6.03. The molecule has 0 amide bonds. The van der Waals surface area contributed by atoms with Crippen molar-refractivity contribution in [3.05, 3.63) is 54.6 Å². The molecule has 2 rings (SSSR count). The number of anilines is 1. The first-order chi connectivity index (χ1) is 10.6. The lowest BCUT2D eigenvalue weighted by Gasteiger charge is -2.12. The van der Waals surface area contributed by atoms with Gasteiger partial charge in [0, 0.05) is 12.2 Å². The third kappa shape index (κ3) is 5.61. The number of hydrogen-bond donors (Lipinski definition) is 2. The molecule has 0 spiro atoms. The Morgan fingerprint density at radius 1 is 0.955 bits per heavy atom. The average molecular weight is 312 g/mol. The molecule has 0 saturated heterocycles. The quantitative estimate of drug-likeness (QED) is 0.600. The van der Waals surface area contributed by atoms with Crippen molar-refractivity contribution in [2.24, 2.45) is 16.1 Å². The van der Waals surface area contributed by atoms with Gasteiger partial charge in [-0.3, -0.25) is 0 Å². The average Bonchev–Trinajstić information content (AvgIpc) is 2.53. The van der Waals surface area contributed by atoms with E-state index in [9.17, 15) is 0 Å². The summed E-state index contributed by atoms with van der Waals surface area (Å²) in [5.41, 5.74) is 2.57. The highest BCUT2D eigenvalue weighted by Crippen LogP contribution is 2.19. The van der Waals surface area contributed by atoms with Crippen molar-refractivity contribution in [1.82, 2.24) is 5.32 Å². The predicted molar refractivity (Wildman–Crippen MR) is 96.1 cm³/mol. The number of rotatable bonds is 5. The van der Waals surface area contributed by atoms with E-state index in [1.54, 1.807) is 0 Å². The summed E-state index contributed by atoms with van der Waals surface area (Å²) in [4.78, 5) is 0. The maximum absolute atomic E-state index is 5.24. The van der Waals surface area contributed by atoms with Crippen molar-refractivity contribution in [2.75, 3.05) is 11.9 Å². The van der Waals surface area contributed by atoms with Crippen LogP contribution in [0.4, 0.5) is 17.1 Å². The highest BCUT2D eigenvalue weighted by Gasteiger charge is 1.99. The maximum Gasteiger partial charge on any atom is 0.170 e. The van der Waals surface area contributed by atoms with Crippen molar-refractivity contribution < 1.29 is 0 Å². The molecular weight excluding hydrogens is 292 g/mol. The van der Waals surface area contributed by atoms with Gasteiger partial charge in [0.1, 0.15) is 0 Å². The minimum Gasteiger partial charge on any atom is -0.362 e. The van der Waals surface area contributed by atoms with Crippen LogP contribution in [0.2, 0.25) is 0 Å². The lowest BCUT2D eigenvalue weighted by molar-refractivity contribution is 0.627. The van der Waals surface area contributed by atoms with Crippen molar-refractivity contribution in [1.29, 1.82) is 0 Å².